The molecule has 0 bridgehead atoms. The molecule has 0 aliphatic heterocycles. The van der Waals surface area contributed by atoms with Crippen LogP contribution in [0.3, 0.4) is 0 Å². The molecule has 0 spiro atoms. The number of hydrogen-bond donors (Lipinski definition) is 3. The van der Waals surface area contributed by atoms with Gasteiger partial charge in [0.25, 0.3) is 11.8 Å². The van der Waals surface area contributed by atoms with Crippen LogP contribution in [0, 0.1) is 6.92 Å². The standard InChI is InChI=1S/C36H30ClN3O3S/c1-23-31(37)19-10-20-32(23)39-34(41)24(2)44-29-17-9-16-28(22-29)38-36(43)33(40-35(42)26-12-4-3-5-13-26)21-27-15-8-14-25-11-6-7-18-30(25)27/h3-22,24H,1-2H3,(H,38,43)(H,39,41)(H,40,42)/b33-21+. The molecule has 0 heterocycles. The Bertz CT molecular complexity index is 1870. The van der Waals surface area contributed by atoms with Gasteiger partial charge in [-0.2, -0.15) is 0 Å². The van der Waals surface area contributed by atoms with Gasteiger partial charge in [-0.15, -0.1) is 11.8 Å². The largest absolute Gasteiger partial charge is 0.325 e. The Morgan fingerprint density at radius 2 is 1.50 bits per heavy atom. The van der Waals surface area contributed by atoms with Crippen LogP contribution in [0.5, 0.6) is 0 Å². The highest BCUT2D eigenvalue weighted by atomic mass is 35.5. The molecule has 8 heteroatoms. The number of thioether (sulfide) groups is 1. The zero-order valence-electron chi connectivity index (χ0n) is 24.1. The fourth-order valence-corrected chi connectivity index (χ4v) is 5.66. The lowest BCUT2D eigenvalue weighted by atomic mass is 10.0. The molecule has 3 N–H and O–H groups in total. The van der Waals surface area contributed by atoms with Crippen molar-refractivity contribution in [3.8, 4) is 0 Å². The van der Waals surface area contributed by atoms with E-state index < -0.39 is 17.1 Å². The van der Waals surface area contributed by atoms with Crippen LogP contribution >= 0.6 is 23.4 Å². The van der Waals surface area contributed by atoms with Crippen molar-refractivity contribution in [2.75, 3.05) is 10.6 Å². The van der Waals surface area contributed by atoms with Crippen LogP contribution < -0.4 is 16.0 Å². The maximum absolute atomic E-state index is 13.6. The van der Waals surface area contributed by atoms with Crippen molar-refractivity contribution in [1.82, 2.24) is 5.32 Å². The number of nitrogens with one attached hydrogen (secondary N) is 3. The summed E-state index contributed by atoms with van der Waals surface area (Å²) in [4.78, 5) is 40.5. The van der Waals surface area contributed by atoms with E-state index in [2.05, 4.69) is 16.0 Å². The molecule has 0 saturated heterocycles. The lowest BCUT2D eigenvalue weighted by molar-refractivity contribution is -0.115. The lowest BCUT2D eigenvalue weighted by Gasteiger charge is -2.15. The summed E-state index contributed by atoms with van der Waals surface area (Å²) in [6.07, 6.45) is 1.68. The SMILES string of the molecule is Cc1c(Cl)cccc1NC(=O)C(C)Sc1cccc(NC(=O)/C(=C\c2cccc3ccccc23)NC(=O)c2ccccc2)c1. The lowest BCUT2D eigenvalue weighted by Crippen LogP contribution is -2.30. The van der Waals surface area contributed by atoms with E-state index >= 15 is 0 Å². The van der Waals surface area contributed by atoms with Crippen LogP contribution in [0.2, 0.25) is 5.02 Å². The van der Waals surface area contributed by atoms with Crippen molar-refractivity contribution >= 4 is 69.3 Å². The smallest absolute Gasteiger partial charge is 0.272 e. The summed E-state index contributed by atoms with van der Waals surface area (Å²) >= 11 is 7.56. The van der Waals surface area contributed by atoms with Gasteiger partial charge in [-0.05, 0) is 84.3 Å². The highest BCUT2D eigenvalue weighted by Crippen LogP contribution is 2.29. The Hall–Kier alpha value is -4.85. The van der Waals surface area contributed by atoms with Crippen LogP contribution in [0.1, 0.15) is 28.4 Å². The van der Waals surface area contributed by atoms with Crippen molar-refractivity contribution < 1.29 is 14.4 Å². The van der Waals surface area contributed by atoms with Gasteiger partial charge >= 0.3 is 0 Å². The fourth-order valence-electron chi connectivity index (χ4n) is 4.55. The Morgan fingerprint density at radius 3 is 2.32 bits per heavy atom. The minimum atomic E-state index is -0.480. The first kappa shape index (κ1) is 30.6. The van der Waals surface area contributed by atoms with E-state index in [9.17, 15) is 14.4 Å². The summed E-state index contributed by atoms with van der Waals surface area (Å²) < 4.78 is 0. The summed E-state index contributed by atoms with van der Waals surface area (Å²) in [5.41, 5.74) is 3.31. The van der Waals surface area contributed by atoms with Crippen molar-refractivity contribution in [2.45, 2.75) is 24.0 Å². The van der Waals surface area contributed by atoms with Crippen LogP contribution in [0.15, 0.2) is 126 Å². The highest BCUT2D eigenvalue weighted by molar-refractivity contribution is 8.00. The Kier molecular flexibility index (Phi) is 9.79. The number of anilines is 2. The summed E-state index contributed by atoms with van der Waals surface area (Å²) in [6.45, 7) is 3.67. The second kappa shape index (κ2) is 14.1. The average Bonchev–Trinajstić information content (AvgIpc) is 3.03. The van der Waals surface area contributed by atoms with Gasteiger partial charge in [0.05, 0.1) is 5.25 Å². The Morgan fingerprint density at radius 1 is 0.795 bits per heavy atom. The number of halogens is 1. The second-order valence-electron chi connectivity index (χ2n) is 10.1. The molecule has 0 saturated carbocycles. The van der Waals surface area contributed by atoms with E-state index in [-0.39, 0.29) is 11.6 Å². The van der Waals surface area contributed by atoms with Crippen molar-refractivity contribution in [3.05, 3.63) is 143 Å². The zero-order chi connectivity index (χ0) is 31.1. The van der Waals surface area contributed by atoms with Gasteiger partial charge in [0.15, 0.2) is 0 Å². The Labute approximate surface area is 265 Å². The van der Waals surface area contributed by atoms with Gasteiger partial charge in [-0.25, -0.2) is 0 Å². The van der Waals surface area contributed by atoms with Gasteiger partial charge in [0.1, 0.15) is 5.70 Å². The minimum absolute atomic E-state index is 0.0953. The third-order valence-electron chi connectivity index (χ3n) is 6.95. The molecule has 1 unspecified atom stereocenters. The third kappa shape index (κ3) is 7.56. The van der Waals surface area contributed by atoms with Crippen molar-refractivity contribution in [3.63, 3.8) is 0 Å². The van der Waals surface area contributed by atoms with Gasteiger partial charge in [0, 0.05) is 26.9 Å². The topological polar surface area (TPSA) is 87.3 Å². The molecule has 0 aliphatic carbocycles. The van der Waals surface area contributed by atoms with Gasteiger partial charge in [-0.1, -0.05) is 84.4 Å². The van der Waals surface area contributed by atoms with E-state index in [0.717, 1.165) is 26.8 Å². The quantitative estimate of drug-likeness (QED) is 0.114. The van der Waals surface area contributed by atoms with Crippen LogP contribution in [0.4, 0.5) is 11.4 Å². The van der Waals surface area contributed by atoms with Crippen LogP contribution in [0.25, 0.3) is 16.8 Å². The highest BCUT2D eigenvalue weighted by Gasteiger charge is 2.18. The monoisotopic (exact) mass is 619 g/mol. The number of amides is 3. The molecule has 44 heavy (non-hydrogen) atoms. The summed E-state index contributed by atoms with van der Waals surface area (Å²) in [5, 5.41) is 10.8. The minimum Gasteiger partial charge on any atom is -0.325 e. The summed E-state index contributed by atoms with van der Waals surface area (Å²) in [6, 6.07) is 35.0. The molecule has 0 fully saturated rings. The number of carbonyl (C=O) groups is 3. The predicted octanol–water partition coefficient (Wildman–Crippen LogP) is 8.33. The average molecular weight is 620 g/mol. The number of rotatable bonds is 9. The second-order valence-corrected chi connectivity index (χ2v) is 11.9. The first-order chi connectivity index (χ1) is 21.3. The third-order valence-corrected chi connectivity index (χ3v) is 8.45. The van der Waals surface area contributed by atoms with E-state index in [0.29, 0.717) is 22.0 Å². The predicted molar refractivity (Wildman–Crippen MR) is 181 cm³/mol. The molecule has 0 aliphatic rings. The maximum atomic E-state index is 13.6. The molecule has 0 aromatic heterocycles. The van der Waals surface area contributed by atoms with Gasteiger partial charge < -0.3 is 16.0 Å². The van der Waals surface area contributed by atoms with E-state index in [4.69, 9.17) is 11.6 Å². The molecule has 3 amide bonds. The van der Waals surface area contributed by atoms with Gasteiger partial charge in [0.2, 0.25) is 5.91 Å². The molecule has 220 valence electrons. The number of benzene rings is 5. The summed E-state index contributed by atoms with van der Waals surface area (Å²) in [5.74, 6) is -1.04. The van der Waals surface area contributed by atoms with Crippen molar-refractivity contribution in [2.24, 2.45) is 0 Å². The Balaban J connectivity index is 1.35. The molecular formula is C36H30ClN3O3S. The molecule has 5 aromatic carbocycles. The number of fused-ring (bicyclic) bond motifs is 1. The normalized spacial score (nSPS) is 11.9. The molecule has 0 radical (unpaired) electrons. The van der Waals surface area contributed by atoms with Gasteiger partial charge in [-0.3, -0.25) is 14.4 Å². The van der Waals surface area contributed by atoms with E-state index in [1.165, 1.54) is 11.8 Å². The van der Waals surface area contributed by atoms with Crippen LogP contribution in [-0.4, -0.2) is 23.0 Å². The van der Waals surface area contributed by atoms with E-state index in [1.54, 1.807) is 60.7 Å². The summed E-state index contributed by atoms with van der Waals surface area (Å²) in [7, 11) is 0. The van der Waals surface area contributed by atoms with E-state index in [1.807, 2.05) is 74.5 Å². The molecule has 5 rings (SSSR count). The molecular weight excluding hydrogens is 590 g/mol. The first-order valence-electron chi connectivity index (χ1n) is 14.0. The van der Waals surface area contributed by atoms with Crippen LogP contribution in [-0.2, 0) is 9.59 Å². The fraction of sp³-hybridized carbons (Fsp3) is 0.0833. The molecule has 5 aromatic rings. The number of carbonyl (C=O) groups excluding carboxylic acids is 3. The van der Waals surface area contributed by atoms with Crippen molar-refractivity contribution in [1.29, 1.82) is 0 Å². The number of hydrogen-bond acceptors (Lipinski definition) is 4. The molecule has 6 nitrogen and oxygen atoms in total. The first-order valence-corrected chi connectivity index (χ1v) is 15.2. The zero-order valence-corrected chi connectivity index (χ0v) is 25.7. The molecule has 1 atom stereocenters. The maximum Gasteiger partial charge on any atom is 0.272 e.